The SMILES string of the molecule is CCOc1cccc(N2C(=O)C(Nc3ccc(OC)c(OC)c3)=C(c3ccccc3)C2=O)c1. The van der Waals surface area contributed by atoms with E-state index in [1.165, 1.54) is 7.11 Å². The van der Waals surface area contributed by atoms with Crippen LogP contribution in [0.2, 0.25) is 0 Å². The zero-order chi connectivity index (χ0) is 23.4. The summed E-state index contributed by atoms with van der Waals surface area (Å²) in [6, 6.07) is 21.2. The monoisotopic (exact) mass is 444 g/mol. The molecule has 4 rings (SSSR count). The second-order valence-corrected chi connectivity index (χ2v) is 7.19. The van der Waals surface area contributed by atoms with Crippen LogP contribution in [0.1, 0.15) is 12.5 Å². The van der Waals surface area contributed by atoms with Crippen LogP contribution in [-0.2, 0) is 9.59 Å². The average molecular weight is 444 g/mol. The summed E-state index contributed by atoms with van der Waals surface area (Å²) in [6.07, 6.45) is 0. The largest absolute Gasteiger partial charge is 0.494 e. The standard InChI is InChI=1S/C26H24N2O5/c1-4-33-20-12-8-11-19(16-20)28-25(29)23(17-9-6-5-7-10-17)24(26(28)30)27-18-13-14-21(31-2)22(15-18)32-3/h5-16,27H,4H2,1-3H3. The van der Waals surface area contributed by atoms with Crippen LogP contribution in [0.4, 0.5) is 11.4 Å². The van der Waals surface area contributed by atoms with Gasteiger partial charge in [0.1, 0.15) is 11.4 Å². The van der Waals surface area contributed by atoms with Gasteiger partial charge < -0.3 is 19.5 Å². The summed E-state index contributed by atoms with van der Waals surface area (Å²) < 4.78 is 16.2. The Morgan fingerprint density at radius 2 is 1.58 bits per heavy atom. The third-order valence-electron chi connectivity index (χ3n) is 5.19. The van der Waals surface area contributed by atoms with Gasteiger partial charge in [-0.15, -0.1) is 0 Å². The van der Waals surface area contributed by atoms with Crippen LogP contribution >= 0.6 is 0 Å². The third-order valence-corrected chi connectivity index (χ3v) is 5.19. The minimum atomic E-state index is -0.456. The number of carbonyl (C=O) groups is 2. The molecule has 1 heterocycles. The summed E-state index contributed by atoms with van der Waals surface area (Å²) in [5.74, 6) is 0.772. The Bertz CT molecular complexity index is 1220. The highest BCUT2D eigenvalue weighted by Gasteiger charge is 2.40. The topological polar surface area (TPSA) is 77.1 Å². The van der Waals surface area contributed by atoms with Crippen molar-refractivity contribution in [3.8, 4) is 17.2 Å². The van der Waals surface area contributed by atoms with E-state index < -0.39 is 11.8 Å². The zero-order valence-corrected chi connectivity index (χ0v) is 18.6. The lowest BCUT2D eigenvalue weighted by atomic mass is 10.0. The molecule has 2 amide bonds. The van der Waals surface area contributed by atoms with E-state index in [9.17, 15) is 9.59 Å². The Morgan fingerprint density at radius 1 is 0.818 bits per heavy atom. The molecule has 1 aliphatic heterocycles. The highest BCUT2D eigenvalue weighted by Crippen LogP contribution is 2.36. The Morgan fingerprint density at radius 3 is 2.27 bits per heavy atom. The lowest BCUT2D eigenvalue weighted by Crippen LogP contribution is -2.32. The predicted octanol–water partition coefficient (Wildman–Crippen LogP) is 4.50. The maximum atomic E-state index is 13.5. The Hall–Kier alpha value is -4.26. The maximum absolute atomic E-state index is 13.5. The van der Waals surface area contributed by atoms with Crippen molar-refractivity contribution < 1.29 is 23.8 Å². The molecule has 0 fully saturated rings. The molecule has 3 aromatic rings. The number of amides is 2. The molecule has 1 N–H and O–H groups in total. The Kier molecular flexibility index (Phi) is 6.31. The second kappa shape index (κ2) is 9.48. The molecule has 7 heteroatoms. The molecule has 0 aromatic heterocycles. The number of rotatable bonds is 8. The molecular formula is C26H24N2O5. The van der Waals surface area contributed by atoms with Crippen molar-refractivity contribution in [2.45, 2.75) is 6.92 Å². The molecule has 0 bridgehead atoms. The summed E-state index contributed by atoms with van der Waals surface area (Å²) in [7, 11) is 3.09. The van der Waals surface area contributed by atoms with Gasteiger partial charge in [-0.3, -0.25) is 9.59 Å². The number of hydrogen-bond acceptors (Lipinski definition) is 6. The maximum Gasteiger partial charge on any atom is 0.282 e. The van der Waals surface area contributed by atoms with E-state index in [4.69, 9.17) is 14.2 Å². The molecule has 3 aromatic carbocycles. The Balaban J connectivity index is 1.78. The first kappa shape index (κ1) is 22.0. The molecular weight excluding hydrogens is 420 g/mol. The van der Waals surface area contributed by atoms with Gasteiger partial charge in [-0.05, 0) is 36.8 Å². The first-order chi connectivity index (χ1) is 16.1. The van der Waals surface area contributed by atoms with E-state index >= 15 is 0 Å². The normalized spacial score (nSPS) is 13.4. The smallest absolute Gasteiger partial charge is 0.282 e. The quantitative estimate of drug-likeness (QED) is 0.516. The Labute approximate surface area is 192 Å². The van der Waals surface area contributed by atoms with Gasteiger partial charge in [0.2, 0.25) is 0 Å². The summed E-state index contributed by atoms with van der Waals surface area (Å²) in [4.78, 5) is 28.2. The summed E-state index contributed by atoms with van der Waals surface area (Å²) >= 11 is 0. The molecule has 168 valence electrons. The number of nitrogens with zero attached hydrogens (tertiary/aromatic N) is 1. The van der Waals surface area contributed by atoms with E-state index in [1.54, 1.807) is 61.7 Å². The van der Waals surface area contributed by atoms with Crippen LogP contribution in [-0.4, -0.2) is 32.6 Å². The molecule has 33 heavy (non-hydrogen) atoms. The molecule has 0 unspecified atom stereocenters. The minimum Gasteiger partial charge on any atom is -0.494 e. The number of nitrogens with one attached hydrogen (secondary N) is 1. The van der Waals surface area contributed by atoms with E-state index in [1.807, 2.05) is 25.1 Å². The van der Waals surface area contributed by atoms with Crippen LogP contribution in [0.5, 0.6) is 17.2 Å². The third kappa shape index (κ3) is 4.25. The number of anilines is 2. The van der Waals surface area contributed by atoms with Crippen molar-refractivity contribution in [2.24, 2.45) is 0 Å². The predicted molar refractivity (Wildman–Crippen MR) is 127 cm³/mol. The fourth-order valence-electron chi connectivity index (χ4n) is 3.69. The van der Waals surface area contributed by atoms with Crippen LogP contribution < -0.4 is 24.4 Å². The van der Waals surface area contributed by atoms with Crippen molar-refractivity contribution in [2.75, 3.05) is 31.0 Å². The molecule has 0 atom stereocenters. The molecule has 0 spiro atoms. The lowest BCUT2D eigenvalue weighted by Gasteiger charge is -2.17. The molecule has 0 aliphatic carbocycles. The highest BCUT2D eigenvalue weighted by molar-refractivity contribution is 6.46. The molecule has 0 radical (unpaired) electrons. The van der Waals surface area contributed by atoms with Crippen molar-refractivity contribution in [3.63, 3.8) is 0 Å². The van der Waals surface area contributed by atoms with Crippen LogP contribution in [0, 0.1) is 0 Å². The first-order valence-electron chi connectivity index (χ1n) is 10.5. The zero-order valence-electron chi connectivity index (χ0n) is 18.6. The van der Waals surface area contributed by atoms with Gasteiger partial charge in [0.05, 0.1) is 32.1 Å². The van der Waals surface area contributed by atoms with Gasteiger partial charge in [-0.25, -0.2) is 4.90 Å². The van der Waals surface area contributed by atoms with E-state index in [-0.39, 0.29) is 11.3 Å². The van der Waals surface area contributed by atoms with Gasteiger partial charge in [0.15, 0.2) is 11.5 Å². The number of methoxy groups -OCH3 is 2. The first-order valence-corrected chi connectivity index (χ1v) is 10.5. The van der Waals surface area contributed by atoms with Crippen molar-refractivity contribution in [3.05, 3.63) is 84.1 Å². The highest BCUT2D eigenvalue weighted by atomic mass is 16.5. The lowest BCUT2D eigenvalue weighted by molar-refractivity contribution is -0.120. The van der Waals surface area contributed by atoms with Crippen molar-refractivity contribution >= 4 is 28.8 Å². The average Bonchev–Trinajstić information content (AvgIpc) is 3.09. The van der Waals surface area contributed by atoms with Gasteiger partial charge in [0.25, 0.3) is 11.8 Å². The summed E-state index contributed by atoms with van der Waals surface area (Å²) in [6.45, 7) is 2.35. The summed E-state index contributed by atoms with van der Waals surface area (Å²) in [5, 5.41) is 3.14. The van der Waals surface area contributed by atoms with E-state index in [0.717, 1.165) is 4.90 Å². The van der Waals surface area contributed by atoms with Gasteiger partial charge in [-0.1, -0.05) is 36.4 Å². The fourth-order valence-corrected chi connectivity index (χ4v) is 3.69. The van der Waals surface area contributed by atoms with E-state index in [2.05, 4.69) is 5.32 Å². The second-order valence-electron chi connectivity index (χ2n) is 7.19. The number of benzene rings is 3. The number of ether oxygens (including phenoxy) is 3. The van der Waals surface area contributed by atoms with Crippen LogP contribution in [0.15, 0.2) is 78.5 Å². The van der Waals surface area contributed by atoms with Gasteiger partial charge >= 0.3 is 0 Å². The molecule has 0 saturated carbocycles. The molecule has 7 nitrogen and oxygen atoms in total. The van der Waals surface area contributed by atoms with E-state index in [0.29, 0.717) is 40.8 Å². The van der Waals surface area contributed by atoms with Crippen LogP contribution in [0.25, 0.3) is 5.57 Å². The fraction of sp³-hybridized carbons (Fsp3) is 0.154. The molecule has 1 aliphatic rings. The van der Waals surface area contributed by atoms with Crippen molar-refractivity contribution in [1.29, 1.82) is 0 Å². The summed E-state index contributed by atoms with van der Waals surface area (Å²) in [5.41, 5.74) is 2.13. The number of hydrogen-bond donors (Lipinski definition) is 1. The minimum absolute atomic E-state index is 0.181. The number of imide groups is 1. The van der Waals surface area contributed by atoms with Crippen molar-refractivity contribution in [1.82, 2.24) is 0 Å². The van der Waals surface area contributed by atoms with Gasteiger partial charge in [0, 0.05) is 17.8 Å². The number of carbonyl (C=O) groups excluding carboxylic acids is 2. The van der Waals surface area contributed by atoms with Gasteiger partial charge in [-0.2, -0.15) is 0 Å². The molecule has 0 saturated heterocycles. The van der Waals surface area contributed by atoms with Crippen LogP contribution in [0.3, 0.4) is 0 Å².